The molecular weight excluding hydrogens is 149 g/mol. The third kappa shape index (κ3) is 3.11. The minimum absolute atomic E-state index is 0.0139. The molecule has 0 N–H and O–H groups in total. The lowest BCUT2D eigenvalue weighted by Crippen LogP contribution is -2.11. The molecule has 2 nitrogen and oxygen atoms in total. The second kappa shape index (κ2) is 2.72. The Balaban J connectivity index is 4.35. The number of hydrogen-bond acceptors (Lipinski definition) is 1. The smallest absolute Gasteiger partial charge is 0.295 e. The van der Waals surface area contributed by atoms with Crippen LogP contribution in [-0.4, -0.2) is 12.0 Å². The first-order valence-electron chi connectivity index (χ1n) is 2.30. The van der Waals surface area contributed by atoms with Crippen molar-refractivity contribution < 1.29 is 23.1 Å². The monoisotopic (exact) mass is 153 g/mol. The van der Waals surface area contributed by atoms with Crippen molar-refractivity contribution >= 4 is 5.78 Å². The van der Waals surface area contributed by atoms with Crippen molar-refractivity contribution in [3.8, 4) is 0 Å². The highest BCUT2D eigenvalue weighted by atomic mass is 19.4. The maximum Gasteiger partial charge on any atom is 0.454 e. The fraction of sp³-hybridized carbons (Fsp3) is 0.400. The average Bonchev–Trinajstić information content (AvgIpc) is 1.60. The molecule has 0 aliphatic carbocycles. The molecule has 0 fully saturated rings. The Labute approximate surface area is 55.0 Å². The summed E-state index contributed by atoms with van der Waals surface area (Å²) < 4.78 is 33.8. The number of rotatable bonds is 1. The van der Waals surface area contributed by atoms with E-state index in [0.29, 0.717) is 0 Å². The Hall–Kier alpha value is -1.00. The molecule has 57 valence electrons. The van der Waals surface area contributed by atoms with E-state index in [4.69, 9.17) is 0 Å². The standard InChI is InChI=1S/C5H4F3O2/c1-3(9)2-4(10)5(6,7)8/h2H,1H3. The van der Waals surface area contributed by atoms with E-state index in [2.05, 4.69) is 0 Å². The quantitative estimate of drug-likeness (QED) is 0.415. The molecule has 0 saturated carbocycles. The summed E-state index contributed by atoms with van der Waals surface area (Å²) >= 11 is 0. The van der Waals surface area contributed by atoms with E-state index in [1.165, 1.54) is 0 Å². The summed E-state index contributed by atoms with van der Waals surface area (Å²) in [5.41, 5.74) is 0. The van der Waals surface area contributed by atoms with Crippen molar-refractivity contribution in [3.63, 3.8) is 0 Å². The summed E-state index contributed by atoms with van der Waals surface area (Å²) in [4.78, 5) is 9.92. The van der Waals surface area contributed by atoms with Gasteiger partial charge in [-0.3, -0.25) is 9.90 Å². The topological polar surface area (TPSA) is 37.0 Å². The van der Waals surface area contributed by atoms with Crippen LogP contribution in [0.15, 0.2) is 11.8 Å². The maximum atomic E-state index is 11.3. The predicted molar refractivity (Wildman–Crippen MR) is 25.5 cm³/mol. The molecule has 0 rings (SSSR count). The van der Waals surface area contributed by atoms with Gasteiger partial charge in [0.2, 0.25) is 0 Å². The second-order valence-electron chi connectivity index (χ2n) is 1.62. The van der Waals surface area contributed by atoms with Crippen molar-refractivity contribution in [3.05, 3.63) is 11.8 Å². The molecule has 0 saturated heterocycles. The normalized spacial score (nSPS) is 13.4. The van der Waals surface area contributed by atoms with Crippen LogP contribution in [0.5, 0.6) is 0 Å². The van der Waals surface area contributed by atoms with E-state index < -0.39 is 17.7 Å². The number of ketones is 1. The van der Waals surface area contributed by atoms with Crippen molar-refractivity contribution in [2.75, 3.05) is 0 Å². The van der Waals surface area contributed by atoms with Crippen LogP contribution in [0, 0.1) is 0 Å². The molecule has 0 unspecified atom stereocenters. The van der Waals surface area contributed by atoms with Gasteiger partial charge in [0.1, 0.15) is 0 Å². The van der Waals surface area contributed by atoms with Crippen molar-refractivity contribution in [1.29, 1.82) is 0 Å². The van der Waals surface area contributed by atoms with Crippen LogP contribution in [0.2, 0.25) is 0 Å². The molecule has 5 heteroatoms. The maximum absolute atomic E-state index is 11.3. The second-order valence-corrected chi connectivity index (χ2v) is 1.62. The van der Waals surface area contributed by atoms with Gasteiger partial charge in [0.15, 0.2) is 5.78 Å². The largest absolute Gasteiger partial charge is 0.454 e. The van der Waals surface area contributed by atoms with Crippen LogP contribution in [-0.2, 0) is 9.90 Å². The van der Waals surface area contributed by atoms with Gasteiger partial charge in [-0.05, 0) is 6.92 Å². The molecule has 0 heterocycles. The van der Waals surface area contributed by atoms with Gasteiger partial charge >= 0.3 is 6.18 Å². The Morgan fingerprint density at radius 3 is 1.90 bits per heavy atom. The number of allylic oxidation sites excluding steroid dienone is 2. The third-order valence-corrected chi connectivity index (χ3v) is 0.614. The zero-order valence-corrected chi connectivity index (χ0v) is 5.03. The fourth-order valence-corrected chi connectivity index (χ4v) is 0.266. The predicted octanol–water partition coefficient (Wildman–Crippen LogP) is 1.45. The van der Waals surface area contributed by atoms with E-state index in [0.717, 1.165) is 6.92 Å². The van der Waals surface area contributed by atoms with Gasteiger partial charge in [-0.1, -0.05) is 0 Å². The summed E-state index contributed by atoms with van der Waals surface area (Å²) in [7, 11) is 0. The molecule has 0 atom stereocenters. The molecule has 0 aromatic rings. The highest BCUT2D eigenvalue weighted by Gasteiger charge is 2.36. The minimum Gasteiger partial charge on any atom is -0.295 e. The minimum atomic E-state index is -4.92. The summed E-state index contributed by atoms with van der Waals surface area (Å²) in [5.74, 6) is -3.01. The van der Waals surface area contributed by atoms with Gasteiger partial charge in [0.25, 0.3) is 5.76 Å². The first kappa shape index (κ1) is 9.00. The lowest BCUT2D eigenvalue weighted by atomic mass is 10.3. The van der Waals surface area contributed by atoms with E-state index in [-0.39, 0.29) is 6.08 Å². The first-order chi connectivity index (χ1) is 4.34. The molecule has 10 heavy (non-hydrogen) atoms. The fourth-order valence-electron chi connectivity index (χ4n) is 0.266. The van der Waals surface area contributed by atoms with Crippen LogP contribution in [0.3, 0.4) is 0 Å². The summed E-state index contributed by atoms with van der Waals surface area (Å²) in [6.45, 7) is 0.879. The zero-order chi connectivity index (χ0) is 8.36. The summed E-state index contributed by atoms with van der Waals surface area (Å²) in [6.07, 6.45) is -4.91. The van der Waals surface area contributed by atoms with Crippen LogP contribution < -0.4 is 0 Å². The van der Waals surface area contributed by atoms with Crippen LogP contribution in [0.1, 0.15) is 6.92 Å². The molecule has 0 aromatic heterocycles. The molecule has 0 aliphatic rings. The van der Waals surface area contributed by atoms with E-state index in [9.17, 15) is 23.1 Å². The average molecular weight is 153 g/mol. The molecule has 0 bridgehead atoms. The number of hydrogen-bond donors (Lipinski definition) is 0. The highest BCUT2D eigenvalue weighted by molar-refractivity contribution is 5.87. The number of halogens is 3. The van der Waals surface area contributed by atoms with E-state index in [1.54, 1.807) is 0 Å². The van der Waals surface area contributed by atoms with Gasteiger partial charge in [-0.25, -0.2) is 0 Å². The van der Waals surface area contributed by atoms with Gasteiger partial charge in [0, 0.05) is 6.08 Å². The Morgan fingerprint density at radius 1 is 1.40 bits per heavy atom. The molecule has 0 spiro atoms. The Morgan fingerprint density at radius 2 is 1.80 bits per heavy atom. The van der Waals surface area contributed by atoms with E-state index in [1.807, 2.05) is 0 Å². The number of carbonyl (C=O) groups is 1. The highest BCUT2D eigenvalue weighted by Crippen LogP contribution is 2.23. The number of carbonyl (C=O) groups excluding carboxylic acids is 1. The summed E-state index contributed by atoms with van der Waals surface area (Å²) in [5, 5.41) is 9.87. The SMILES string of the molecule is CC(=O)C=C([O])C(F)(F)F. The van der Waals surface area contributed by atoms with Crippen molar-refractivity contribution in [2.24, 2.45) is 0 Å². The molecule has 0 amide bonds. The Kier molecular flexibility index (Phi) is 2.45. The van der Waals surface area contributed by atoms with Gasteiger partial charge in [-0.15, -0.1) is 0 Å². The molecular formula is C5H4F3O2. The Bertz CT molecular complexity index is 168. The lowest BCUT2D eigenvalue weighted by molar-refractivity contribution is -0.132. The van der Waals surface area contributed by atoms with Crippen LogP contribution in [0.4, 0.5) is 13.2 Å². The number of alkyl halides is 3. The van der Waals surface area contributed by atoms with Gasteiger partial charge in [-0.2, -0.15) is 13.2 Å². The molecule has 0 aromatic carbocycles. The summed E-state index contributed by atoms with van der Waals surface area (Å²) in [6, 6.07) is 0. The first-order valence-corrected chi connectivity index (χ1v) is 2.30. The van der Waals surface area contributed by atoms with Gasteiger partial charge < -0.3 is 0 Å². The van der Waals surface area contributed by atoms with Crippen LogP contribution >= 0.6 is 0 Å². The van der Waals surface area contributed by atoms with Crippen LogP contribution in [0.25, 0.3) is 0 Å². The third-order valence-electron chi connectivity index (χ3n) is 0.614. The molecule has 0 aliphatic heterocycles. The lowest BCUT2D eigenvalue weighted by Gasteiger charge is -1.98. The van der Waals surface area contributed by atoms with E-state index >= 15 is 0 Å². The van der Waals surface area contributed by atoms with Crippen molar-refractivity contribution in [2.45, 2.75) is 13.1 Å². The van der Waals surface area contributed by atoms with Gasteiger partial charge in [0.05, 0.1) is 0 Å². The molecule has 1 radical (unpaired) electrons. The van der Waals surface area contributed by atoms with Crippen molar-refractivity contribution in [1.82, 2.24) is 0 Å². The zero-order valence-electron chi connectivity index (χ0n) is 5.03.